The molecule has 0 aromatic heterocycles. The largest absolute Gasteiger partial charge is 0.497 e. The summed E-state index contributed by atoms with van der Waals surface area (Å²) < 4.78 is 17.2. The number of likely N-dealkylation sites (tertiary alicyclic amines) is 1. The first-order valence-electron chi connectivity index (χ1n) is 27.9. The SMILES string of the molecule is CCC[C@H]1C(=O)N2CCC[C@H]2C(=O)N(C)[C@@H](Cc2ccc(OC)cc2)C(=O)O[C@H](C)[C@H](NC(=O)[C@@H](CC(C)C)N(C)C(=O)[C@@H]2CCCN2C(=O)[C@H](C)N=O)C(=O)N(N)[C@H](C(C)C)[C@@H](N=O)CC(=O)O[C@@H](C(C)C)C(=O)[C@H](C)C(=O)N1N. The van der Waals surface area contributed by atoms with Crippen molar-refractivity contribution < 1.29 is 62.2 Å². The van der Waals surface area contributed by atoms with Gasteiger partial charge in [0.2, 0.25) is 29.5 Å². The number of carbonyl (C=O) groups is 10. The van der Waals surface area contributed by atoms with Gasteiger partial charge in [0.25, 0.3) is 11.8 Å². The average Bonchev–Trinajstić information content (AvgIpc) is 4.25. The van der Waals surface area contributed by atoms with Gasteiger partial charge in [0, 0.05) is 33.6 Å². The Morgan fingerprint density at radius 2 is 1.46 bits per heavy atom. The predicted octanol–water partition coefficient (Wildman–Crippen LogP) is 2.40. The minimum absolute atomic E-state index is 0.00314. The van der Waals surface area contributed by atoms with Gasteiger partial charge in [-0.1, -0.05) is 77.4 Å². The van der Waals surface area contributed by atoms with Crippen molar-refractivity contribution in [2.24, 2.45) is 45.7 Å². The number of benzene rings is 1. The summed E-state index contributed by atoms with van der Waals surface area (Å²) in [7, 11) is 4.17. The smallest absolute Gasteiger partial charge is 0.329 e. The van der Waals surface area contributed by atoms with Gasteiger partial charge >= 0.3 is 11.9 Å². The van der Waals surface area contributed by atoms with E-state index in [-0.39, 0.29) is 51.1 Å². The van der Waals surface area contributed by atoms with E-state index in [9.17, 15) is 48.2 Å². The summed E-state index contributed by atoms with van der Waals surface area (Å²) >= 11 is 0. The van der Waals surface area contributed by atoms with Crippen LogP contribution in [0.3, 0.4) is 0 Å². The lowest BCUT2D eigenvalue weighted by Crippen LogP contribution is -2.64. The molecule has 12 atom stereocenters. The maximum atomic E-state index is 15.2. The van der Waals surface area contributed by atoms with E-state index in [1.807, 2.05) is 0 Å². The fourth-order valence-corrected chi connectivity index (χ4v) is 10.8. The van der Waals surface area contributed by atoms with Gasteiger partial charge in [-0.15, -0.1) is 4.91 Å². The van der Waals surface area contributed by atoms with Crippen molar-refractivity contribution in [3.63, 3.8) is 0 Å². The Morgan fingerprint density at radius 3 is 2.01 bits per heavy atom. The number of hydrazine groups is 2. The van der Waals surface area contributed by atoms with Gasteiger partial charge in [-0.05, 0) is 94.7 Å². The minimum Gasteiger partial charge on any atom is -0.497 e. The van der Waals surface area contributed by atoms with E-state index >= 15 is 9.59 Å². The number of nitroso groups, excluding NO2 is 2. The number of nitrogens with zero attached hydrogens (tertiary/aromatic N) is 8. The van der Waals surface area contributed by atoms with E-state index in [0.717, 1.165) is 9.80 Å². The van der Waals surface area contributed by atoms with E-state index in [1.165, 1.54) is 51.8 Å². The number of hydrogen-bond donors (Lipinski definition) is 3. The number of Topliss-reactive ketones (excluding diaryl/α,β-unsaturated/α-hetero) is 1. The van der Waals surface area contributed by atoms with Crippen molar-refractivity contribution in [1.82, 2.24) is 34.9 Å². The Bertz CT molecular complexity index is 2460. The molecule has 0 unspecified atom stereocenters. The zero-order valence-electron chi connectivity index (χ0n) is 49.1. The molecule has 26 heteroatoms. The quantitative estimate of drug-likeness (QED) is 0.0703. The zero-order chi connectivity index (χ0) is 60.9. The molecule has 4 rings (SSSR count). The van der Waals surface area contributed by atoms with E-state index in [4.69, 9.17) is 25.9 Å². The number of nitrogens with one attached hydrogen (secondary N) is 1. The van der Waals surface area contributed by atoms with Gasteiger partial charge in [0.1, 0.15) is 54.1 Å². The molecule has 0 bridgehead atoms. The topological polar surface area (TPSA) is 341 Å². The molecule has 3 saturated heterocycles. The molecule has 3 aliphatic rings. The number of amides is 7. The second kappa shape index (κ2) is 29.7. The average molecular weight is 1140 g/mol. The maximum absolute atomic E-state index is 15.2. The number of likely N-dealkylation sites (N-methyl/N-ethyl adjacent to an activating group) is 2. The number of nitrogens with two attached hydrogens (primary N) is 2. The van der Waals surface area contributed by atoms with Crippen LogP contribution < -0.4 is 21.7 Å². The van der Waals surface area contributed by atoms with E-state index < -0.39 is 150 Å². The van der Waals surface area contributed by atoms with Crippen LogP contribution in [0.4, 0.5) is 0 Å². The molecule has 0 saturated carbocycles. The standard InChI is InChI=1S/C55H85N11O15/c1-14-17-40-53(74)64-25-16-19-39(64)52(73)62(12)42(27-35-20-22-36(79-13)23-21-35)55(76)80-34(10)44(58-48(69)41(26-29(2)3)61(11)51(72)38-18-15-24-63(38)50(71)33(9)59-77)54(75)66(57)45(30(4)5)37(60-78)28-43(67)81-47(31(6)7)46(68)32(8)49(70)65(40)56/h20-23,29-34,37-42,44-45,47H,14-19,24-28,56-57H2,1-13H3,(H,58,69)/t32-,33-,34+,37-,38-,39-,40-,41+,42-,44-,45+,47-/m0/s1. The molecule has 0 radical (unpaired) electrons. The highest BCUT2D eigenvalue weighted by Gasteiger charge is 2.48. The minimum atomic E-state index is -1.93. The van der Waals surface area contributed by atoms with Crippen molar-refractivity contribution in [1.29, 1.82) is 0 Å². The fourth-order valence-electron chi connectivity index (χ4n) is 10.8. The van der Waals surface area contributed by atoms with Crippen molar-refractivity contribution in [2.75, 3.05) is 34.3 Å². The van der Waals surface area contributed by atoms with Gasteiger partial charge in [0.15, 0.2) is 17.9 Å². The number of carbonyl (C=O) groups excluding carboxylic acids is 10. The van der Waals surface area contributed by atoms with Crippen molar-refractivity contribution in [3.8, 4) is 5.75 Å². The van der Waals surface area contributed by atoms with Crippen molar-refractivity contribution in [3.05, 3.63) is 39.6 Å². The molecule has 3 aliphatic heterocycles. The molecule has 3 heterocycles. The summed E-state index contributed by atoms with van der Waals surface area (Å²) in [6.45, 7) is 15.6. The Balaban J connectivity index is 1.93. The van der Waals surface area contributed by atoms with Crippen molar-refractivity contribution in [2.45, 2.75) is 194 Å². The van der Waals surface area contributed by atoms with Crippen LogP contribution in [0.2, 0.25) is 0 Å². The number of rotatable bonds is 16. The summed E-state index contributed by atoms with van der Waals surface area (Å²) in [5.41, 5.74) is 0.522. The number of ether oxygens (including phenoxy) is 3. The van der Waals surface area contributed by atoms with Gasteiger partial charge in [0.05, 0.1) is 25.5 Å². The van der Waals surface area contributed by atoms with Crippen LogP contribution in [-0.2, 0) is 63.8 Å². The summed E-state index contributed by atoms with van der Waals surface area (Å²) in [6, 6.07) is -6.19. The van der Waals surface area contributed by atoms with Crippen molar-refractivity contribution >= 4 is 59.1 Å². The maximum Gasteiger partial charge on any atom is 0.329 e. The molecule has 5 N–H and O–H groups in total. The van der Waals surface area contributed by atoms with Crippen LogP contribution in [0.1, 0.15) is 126 Å². The highest BCUT2D eigenvalue weighted by atomic mass is 16.6. The number of ketones is 1. The molecule has 26 nitrogen and oxygen atoms in total. The Kier molecular flexibility index (Phi) is 24.4. The molecular weight excluding hydrogens is 1050 g/mol. The van der Waals surface area contributed by atoms with E-state index in [1.54, 1.807) is 72.7 Å². The molecule has 3 fully saturated rings. The molecular formula is C55H85N11O15. The number of hydrogen-bond acceptors (Lipinski definition) is 19. The molecule has 7 amide bonds. The third kappa shape index (κ3) is 15.9. The van der Waals surface area contributed by atoms with Gasteiger partial charge in [-0.25, -0.2) is 16.5 Å². The third-order valence-electron chi connectivity index (χ3n) is 15.5. The molecule has 81 heavy (non-hydrogen) atoms. The van der Waals surface area contributed by atoms with Crippen LogP contribution in [0.5, 0.6) is 5.75 Å². The Labute approximate surface area is 473 Å². The van der Waals surface area contributed by atoms with Crippen LogP contribution in [0.25, 0.3) is 0 Å². The van der Waals surface area contributed by atoms with Gasteiger partial charge in [-0.2, -0.15) is 4.91 Å². The zero-order valence-corrected chi connectivity index (χ0v) is 49.1. The second-order valence-corrected chi connectivity index (χ2v) is 22.6. The first kappa shape index (κ1) is 66.6. The second-order valence-electron chi connectivity index (χ2n) is 22.6. The lowest BCUT2D eigenvalue weighted by Gasteiger charge is -2.38. The molecule has 0 spiro atoms. The number of cyclic esters (lactones) is 2. The lowest BCUT2D eigenvalue weighted by atomic mass is 9.92. The van der Waals surface area contributed by atoms with Gasteiger partial charge in [-0.3, -0.25) is 53.2 Å². The predicted molar refractivity (Wildman–Crippen MR) is 294 cm³/mol. The fraction of sp³-hybridized carbons (Fsp3) is 0.709. The van der Waals surface area contributed by atoms with Crippen LogP contribution in [0, 0.1) is 33.5 Å². The Hall–Kier alpha value is -6.96. The highest BCUT2D eigenvalue weighted by molar-refractivity contribution is 6.05. The normalized spacial score (nSPS) is 27.0. The first-order chi connectivity index (χ1) is 38.1. The van der Waals surface area contributed by atoms with Crippen LogP contribution in [-0.4, -0.2) is 190 Å². The van der Waals surface area contributed by atoms with Crippen LogP contribution in [0.15, 0.2) is 34.6 Å². The molecule has 1 aromatic carbocycles. The molecule has 1 aromatic rings. The monoisotopic (exact) mass is 1140 g/mol. The Morgan fingerprint density at radius 1 is 0.827 bits per heavy atom. The lowest BCUT2D eigenvalue weighted by molar-refractivity contribution is -0.164. The summed E-state index contributed by atoms with van der Waals surface area (Å²) in [6.07, 6.45) is -2.80. The van der Waals surface area contributed by atoms with E-state index in [2.05, 4.69) is 15.7 Å². The summed E-state index contributed by atoms with van der Waals surface area (Å²) in [4.78, 5) is 174. The number of methoxy groups -OCH3 is 1. The van der Waals surface area contributed by atoms with E-state index in [0.29, 0.717) is 40.6 Å². The molecule has 450 valence electrons. The summed E-state index contributed by atoms with van der Waals surface area (Å²) in [5, 5.41) is 9.94. The van der Waals surface area contributed by atoms with Gasteiger partial charge < -0.3 is 39.1 Å². The number of fused-ring (bicyclic) bond motifs is 1. The highest BCUT2D eigenvalue weighted by Crippen LogP contribution is 2.29. The van der Waals surface area contributed by atoms with Crippen LogP contribution >= 0.6 is 0 Å². The number of esters is 2. The third-order valence-corrected chi connectivity index (χ3v) is 15.5. The summed E-state index contributed by atoms with van der Waals surface area (Å²) in [5.74, 6) is 1.45. The molecule has 0 aliphatic carbocycles. The first-order valence-corrected chi connectivity index (χ1v) is 27.9.